The standard InChI is InChI=1S/C15H12BrClO2/c1-19-15(18)12-7-10(9-16)6-11(8-12)13-4-2-3-5-14(13)17/h2-8H,9H2,1H3. The molecule has 0 fully saturated rings. The molecule has 2 aromatic carbocycles. The van der Waals surface area contributed by atoms with Gasteiger partial charge in [0.1, 0.15) is 0 Å². The normalized spacial score (nSPS) is 10.3. The summed E-state index contributed by atoms with van der Waals surface area (Å²) >= 11 is 9.60. The molecular formula is C15H12BrClO2. The van der Waals surface area contributed by atoms with Gasteiger partial charge in [-0.3, -0.25) is 0 Å². The summed E-state index contributed by atoms with van der Waals surface area (Å²) in [6.45, 7) is 0. The lowest BCUT2D eigenvalue weighted by atomic mass is 10.0. The van der Waals surface area contributed by atoms with Crippen molar-refractivity contribution in [2.75, 3.05) is 7.11 Å². The largest absolute Gasteiger partial charge is 0.465 e. The van der Waals surface area contributed by atoms with Crippen molar-refractivity contribution >= 4 is 33.5 Å². The third-order valence-corrected chi connectivity index (χ3v) is 3.73. The van der Waals surface area contributed by atoms with E-state index in [-0.39, 0.29) is 5.97 Å². The van der Waals surface area contributed by atoms with Gasteiger partial charge in [-0.2, -0.15) is 0 Å². The minimum absolute atomic E-state index is 0.351. The highest BCUT2D eigenvalue weighted by molar-refractivity contribution is 9.08. The molecule has 0 aromatic heterocycles. The first-order valence-electron chi connectivity index (χ1n) is 5.69. The predicted octanol–water partition coefficient (Wildman–Crippen LogP) is 4.69. The van der Waals surface area contributed by atoms with E-state index in [2.05, 4.69) is 15.9 Å². The van der Waals surface area contributed by atoms with Gasteiger partial charge in [0.05, 0.1) is 12.7 Å². The monoisotopic (exact) mass is 338 g/mol. The molecule has 0 bridgehead atoms. The summed E-state index contributed by atoms with van der Waals surface area (Å²) in [7, 11) is 1.37. The van der Waals surface area contributed by atoms with E-state index in [1.165, 1.54) is 7.11 Å². The quantitative estimate of drug-likeness (QED) is 0.599. The fourth-order valence-electron chi connectivity index (χ4n) is 1.86. The van der Waals surface area contributed by atoms with Gasteiger partial charge in [-0.05, 0) is 29.3 Å². The molecule has 2 aromatic rings. The maximum Gasteiger partial charge on any atom is 0.337 e. The molecule has 0 N–H and O–H groups in total. The van der Waals surface area contributed by atoms with Crippen LogP contribution in [0.5, 0.6) is 0 Å². The molecule has 98 valence electrons. The van der Waals surface area contributed by atoms with Gasteiger partial charge in [-0.1, -0.05) is 51.8 Å². The minimum atomic E-state index is -0.351. The Morgan fingerprint density at radius 2 is 2.00 bits per heavy atom. The zero-order chi connectivity index (χ0) is 13.8. The first-order valence-corrected chi connectivity index (χ1v) is 7.19. The van der Waals surface area contributed by atoms with Crippen LogP contribution < -0.4 is 0 Å². The minimum Gasteiger partial charge on any atom is -0.465 e. The lowest BCUT2D eigenvalue weighted by Crippen LogP contribution is -2.02. The van der Waals surface area contributed by atoms with Gasteiger partial charge in [0.15, 0.2) is 0 Å². The van der Waals surface area contributed by atoms with E-state index >= 15 is 0 Å². The van der Waals surface area contributed by atoms with Gasteiger partial charge >= 0.3 is 5.97 Å². The molecule has 0 saturated carbocycles. The predicted molar refractivity (Wildman–Crippen MR) is 80.9 cm³/mol. The topological polar surface area (TPSA) is 26.3 Å². The molecule has 0 aliphatic rings. The number of hydrogen-bond acceptors (Lipinski definition) is 2. The molecule has 0 saturated heterocycles. The maximum absolute atomic E-state index is 11.7. The molecule has 2 rings (SSSR count). The van der Waals surface area contributed by atoms with Gasteiger partial charge < -0.3 is 4.74 Å². The molecule has 0 amide bonds. The van der Waals surface area contributed by atoms with Crippen LogP contribution in [-0.2, 0) is 10.1 Å². The van der Waals surface area contributed by atoms with Crippen molar-refractivity contribution < 1.29 is 9.53 Å². The van der Waals surface area contributed by atoms with Crippen molar-refractivity contribution in [3.05, 3.63) is 58.6 Å². The molecule has 0 aliphatic heterocycles. The number of methoxy groups -OCH3 is 1. The Balaban J connectivity index is 2.57. The number of halogens is 2. The van der Waals surface area contributed by atoms with Gasteiger partial charge in [-0.15, -0.1) is 0 Å². The van der Waals surface area contributed by atoms with E-state index in [4.69, 9.17) is 16.3 Å². The van der Waals surface area contributed by atoms with Crippen LogP contribution in [0.3, 0.4) is 0 Å². The number of esters is 1. The summed E-state index contributed by atoms with van der Waals surface area (Å²) in [5, 5.41) is 1.32. The Hall–Kier alpha value is -1.32. The Kier molecular flexibility index (Phi) is 4.61. The summed E-state index contributed by atoms with van der Waals surface area (Å²) in [5.74, 6) is -0.351. The molecule has 0 aliphatic carbocycles. The van der Waals surface area contributed by atoms with Crippen LogP contribution >= 0.6 is 27.5 Å². The summed E-state index contributed by atoms with van der Waals surface area (Å²) in [6, 6.07) is 13.1. The van der Waals surface area contributed by atoms with Gasteiger partial charge in [-0.25, -0.2) is 4.79 Å². The van der Waals surface area contributed by atoms with Crippen LogP contribution in [0.1, 0.15) is 15.9 Å². The number of rotatable bonds is 3. The van der Waals surface area contributed by atoms with Crippen LogP contribution in [-0.4, -0.2) is 13.1 Å². The van der Waals surface area contributed by atoms with Gasteiger partial charge in [0.25, 0.3) is 0 Å². The Morgan fingerprint density at radius 1 is 1.26 bits per heavy atom. The average Bonchev–Trinajstić information content (AvgIpc) is 2.46. The van der Waals surface area contributed by atoms with Crippen molar-refractivity contribution in [1.29, 1.82) is 0 Å². The van der Waals surface area contributed by atoms with E-state index < -0.39 is 0 Å². The van der Waals surface area contributed by atoms with E-state index in [0.717, 1.165) is 16.7 Å². The first-order chi connectivity index (χ1) is 9.15. The zero-order valence-corrected chi connectivity index (χ0v) is 12.7. The number of carbonyl (C=O) groups is 1. The third kappa shape index (κ3) is 3.17. The number of alkyl halides is 1. The average molecular weight is 340 g/mol. The van der Waals surface area contributed by atoms with Crippen molar-refractivity contribution in [2.45, 2.75) is 5.33 Å². The summed E-state index contributed by atoms with van der Waals surface area (Å²) in [6.07, 6.45) is 0. The van der Waals surface area contributed by atoms with Crippen molar-refractivity contribution in [1.82, 2.24) is 0 Å². The molecule has 19 heavy (non-hydrogen) atoms. The van der Waals surface area contributed by atoms with E-state index in [1.807, 2.05) is 30.3 Å². The van der Waals surface area contributed by atoms with E-state index in [9.17, 15) is 4.79 Å². The number of hydrogen-bond donors (Lipinski definition) is 0. The second kappa shape index (κ2) is 6.22. The van der Waals surface area contributed by atoms with Crippen LogP contribution in [0.2, 0.25) is 5.02 Å². The fraction of sp³-hybridized carbons (Fsp3) is 0.133. The molecule has 0 heterocycles. The van der Waals surface area contributed by atoms with Crippen LogP contribution in [0.25, 0.3) is 11.1 Å². The lowest BCUT2D eigenvalue weighted by molar-refractivity contribution is 0.0600. The van der Waals surface area contributed by atoms with Crippen molar-refractivity contribution in [3.8, 4) is 11.1 Å². The van der Waals surface area contributed by atoms with Crippen LogP contribution in [0.4, 0.5) is 0 Å². The Morgan fingerprint density at radius 3 is 2.63 bits per heavy atom. The second-order valence-corrected chi connectivity index (χ2v) is 4.99. The highest BCUT2D eigenvalue weighted by Crippen LogP contribution is 2.29. The summed E-state index contributed by atoms with van der Waals surface area (Å²) in [4.78, 5) is 11.7. The molecular weight excluding hydrogens is 328 g/mol. The lowest BCUT2D eigenvalue weighted by Gasteiger charge is -2.09. The molecule has 0 spiro atoms. The Bertz CT molecular complexity index is 611. The molecule has 0 atom stereocenters. The molecule has 0 radical (unpaired) electrons. The summed E-state index contributed by atoms with van der Waals surface area (Å²) in [5.41, 5.74) is 3.33. The maximum atomic E-state index is 11.7. The fourth-order valence-corrected chi connectivity index (χ4v) is 2.42. The zero-order valence-electron chi connectivity index (χ0n) is 10.3. The Labute approximate surface area is 125 Å². The van der Waals surface area contributed by atoms with Crippen LogP contribution in [0.15, 0.2) is 42.5 Å². The first kappa shape index (κ1) is 14.1. The summed E-state index contributed by atoms with van der Waals surface area (Å²) < 4.78 is 4.77. The number of carbonyl (C=O) groups excluding carboxylic acids is 1. The SMILES string of the molecule is COC(=O)c1cc(CBr)cc(-c2ccccc2Cl)c1. The van der Waals surface area contributed by atoms with Crippen molar-refractivity contribution in [2.24, 2.45) is 0 Å². The van der Waals surface area contributed by atoms with E-state index in [1.54, 1.807) is 12.1 Å². The molecule has 4 heteroatoms. The highest BCUT2D eigenvalue weighted by Gasteiger charge is 2.11. The number of benzene rings is 2. The van der Waals surface area contributed by atoms with Crippen molar-refractivity contribution in [3.63, 3.8) is 0 Å². The highest BCUT2D eigenvalue weighted by atomic mass is 79.9. The van der Waals surface area contributed by atoms with E-state index in [0.29, 0.717) is 15.9 Å². The molecule has 0 unspecified atom stereocenters. The third-order valence-electron chi connectivity index (χ3n) is 2.75. The smallest absolute Gasteiger partial charge is 0.337 e. The van der Waals surface area contributed by atoms with Gasteiger partial charge in [0, 0.05) is 15.9 Å². The number of ether oxygens (including phenoxy) is 1. The molecule has 2 nitrogen and oxygen atoms in total. The second-order valence-electron chi connectivity index (χ2n) is 4.02. The van der Waals surface area contributed by atoms with Crippen LogP contribution in [0, 0.1) is 0 Å². The van der Waals surface area contributed by atoms with Gasteiger partial charge in [0.2, 0.25) is 0 Å².